The summed E-state index contributed by atoms with van der Waals surface area (Å²) >= 11 is 0. The van der Waals surface area contributed by atoms with Gasteiger partial charge in [-0.2, -0.15) is 0 Å². The molecule has 0 spiro atoms. The van der Waals surface area contributed by atoms with Crippen LogP contribution >= 0.6 is 0 Å². The van der Waals surface area contributed by atoms with E-state index in [0.717, 1.165) is 6.07 Å². The highest BCUT2D eigenvalue weighted by Gasteiger charge is 2.16. The van der Waals surface area contributed by atoms with Crippen molar-refractivity contribution >= 4 is 15.7 Å². The van der Waals surface area contributed by atoms with E-state index >= 15 is 0 Å². The summed E-state index contributed by atoms with van der Waals surface area (Å²) in [5.41, 5.74) is 0.433. The van der Waals surface area contributed by atoms with Crippen LogP contribution in [-0.4, -0.2) is 15.5 Å². The van der Waals surface area contributed by atoms with Crippen LogP contribution in [0.5, 0.6) is 0 Å². The summed E-state index contributed by atoms with van der Waals surface area (Å²) in [6.07, 6.45) is 0. The molecule has 0 saturated carbocycles. The van der Waals surface area contributed by atoms with Crippen molar-refractivity contribution in [1.29, 1.82) is 0 Å². The molecule has 0 aliphatic rings. The molecule has 2 aromatic carbocycles. The van der Waals surface area contributed by atoms with E-state index in [1.807, 2.05) is 0 Å². The Morgan fingerprint density at radius 3 is 2.48 bits per heavy atom. The van der Waals surface area contributed by atoms with Crippen LogP contribution < -0.4 is 10.0 Å². The normalized spacial score (nSPS) is 11.4. The van der Waals surface area contributed by atoms with Gasteiger partial charge in [-0.15, -0.1) is 0 Å². The lowest BCUT2D eigenvalue weighted by Crippen LogP contribution is -2.20. The minimum Gasteiger partial charge on any atom is -0.380 e. The first kappa shape index (κ1) is 15.4. The molecule has 0 unspecified atom stereocenters. The third-order valence-corrected chi connectivity index (χ3v) is 4.42. The lowest BCUT2D eigenvalue weighted by molar-refractivity contribution is 0.500. The van der Waals surface area contributed by atoms with Crippen LogP contribution in [0, 0.1) is 11.6 Å². The fraction of sp³-hybridized carbons (Fsp3) is 0.143. The van der Waals surface area contributed by atoms with E-state index in [-0.39, 0.29) is 17.0 Å². The van der Waals surface area contributed by atoms with E-state index in [1.54, 1.807) is 18.2 Å². The molecule has 0 bridgehead atoms. The monoisotopic (exact) mass is 312 g/mol. The number of sulfonamides is 1. The first-order valence-electron chi connectivity index (χ1n) is 6.15. The average Bonchev–Trinajstić information content (AvgIpc) is 2.49. The summed E-state index contributed by atoms with van der Waals surface area (Å²) in [5, 5.41) is 2.81. The highest BCUT2D eigenvalue weighted by atomic mass is 32.2. The van der Waals surface area contributed by atoms with E-state index in [0.29, 0.717) is 5.69 Å². The van der Waals surface area contributed by atoms with Crippen molar-refractivity contribution in [2.24, 2.45) is 0 Å². The molecule has 21 heavy (non-hydrogen) atoms. The molecule has 0 aliphatic carbocycles. The van der Waals surface area contributed by atoms with Gasteiger partial charge in [0.25, 0.3) is 0 Å². The molecule has 7 heteroatoms. The predicted octanol–water partition coefficient (Wildman–Crippen LogP) is 2.49. The molecule has 0 aromatic heterocycles. The summed E-state index contributed by atoms with van der Waals surface area (Å²) < 4.78 is 52.6. The van der Waals surface area contributed by atoms with Gasteiger partial charge in [-0.05, 0) is 25.2 Å². The van der Waals surface area contributed by atoms with Gasteiger partial charge in [-0.1, -0.05) is 24.3 Å². The van der Waals surface area contributed by atoms with Crippen molar-refractivity contribution in [2.45, 2.75) is 11.4 Å². The summed E-state index contributed by atoms with van der Waals surface area (Å²) in [6.45, 7) is -0.0279. The second-order valence-corrected chi connectivity index (χ2v) is 6.13. The zero-order valence-corrected chi connectivity index (χ0v) is 12.0. The lowest BCUT2D eigenvalue weighted by atomic mass is 10.2. The standard InChI is InChI=1S/C14H14F2N2O2S/c1-17-21(19,20)13-8-3-2-7-12(13)18-9-10-5-4-6-11(15)14(10)16/h2-8,17-18H,9H2,1H3. The maximum Gasteiger partial charge on any atom is 0.242 e. The van der Waals surface area contributed by atoms with Crippen LogP contribution in [0.3, 0.4) is 0 Å². The van der Waals surface area contributed by atoms with Gasteiger partial charge in [-0.3, -0.25) is 0 Å². The number of rotatable bonds is 5. The SMILES string of the molecule is CNS(=O)(=O)c1ccccc1NCc1cccc(F)c1F. The Bertz CT molecular complexity index is 748. The summed E-state index contributed by atoms with van der Waals surface area (Å²) in [4.78, 5) is 0.0457. The minimum absolute atomic E-state index is 0.0279. The highest BCUT2D eigenvalue weighted by Crippen LogP contribution is 2.21. The van der Waals surface area contributed by atoms with Crippen LogP contribution in [0.25, 0.3) is 0 Å². The summed E-state index contributed by atoms with van der Waals surface area (Å²) in [7, 11) is -2.33. The fourth-order valence-corrected chi connectivity index (χ4v) is 2.74. The van der Waals surface area contributed by atoms with Crippen molar-refractivity contribution < 1.29 is 17.2 Å². The molecule has 2 rings (SSSR count). The van der Waals surface area contributed by atoms with Gasteiger partial charge >= 0.3 is 0 Å². The quantitative estimate of drug-likeness (QED) is 0.892. The molecule has 0 fully saturated rings. The van der Waals surface area contributed by atoms with Gasteiger partial charge in [0.15, 0.2) is 11.6 Å². The molecular formula is C14H14F2N2O2S. The first-order chi connectivity index (χ1) is 9.95. The Kier molecular flexibility index (Phi) is 4.54. The molecular weight excluding hydrogens is 298 g/mol. The molecule has 0 atom stereocenters. The maximum atomic E-state index is 13.6. The average molecular weight is 312 g/mol. The van der Waals surface area contributed by atoms with E-state index in [4.69, 9.17) is 0 Å². The van der Waals surface area contributed by atoms with Crippen molar-refractivity contribution in [3.8, 4) is 0 Å². The number of nitrogens with one attached hydrogen (secondary N) is 2. The van der Waals surface area contributed by atoms with Crippen molar-refractivity contribution in [3.05, 3.63) is 59.7 Å². The fourth-order valence-electron chi connectivity index (χ4n) is 1.83. The van der Waals surface area contributed by atoms with Gasteiger partial charge in [0, 0.05) is 12.1 Å². The third kappa shape index (κ3) is 3.37. The maximum absolute atomic E-state index is 13.6. The first-order valence-corrected chi connectivity index (χ1v) is 7.63. The Balaban J connectivity index is 2.27. The number of para-hydroxylation sites is 1. The van der Waals surface area contributed by atoms with Crippen molar-refractivity contribution in [3.63, 3.8) is 0 Å². The molecule has 112 valence electrons. The van der Waals surface area contributed by atoms with Gasteiger partial charge in [0.2, 0.25) is 10.0 Å². The van der Waals surface area contributed by atoms with Gasteiger partial charge < -0.3 is 5.32 Å². The topological polar surface area (TPSA) is 58.2 Å². The van der Waals surface area contributed by atoms with Crippen molar-refractivity contribution in [1.82, 2.24) is 4.72 Å². The van der Waals surface area contributed by atoms with Gasteiger partial charge in [-0.25, -0.2) is 21.9 Å². The molecule has 0 amide bonds. The molecule has 2 aromatic rings. The largest absolute Gasteiger partial charge is 0.380 e. The Morgan fingerprint density at radius 1 is 1.05 bits per heavy atom. The second-order valence-electron chi connectivity index (χ2n) is 4.27. The van der Waals surface area contributed by atoms with Crippen LogP contribution in [0.4, 0.5) is 14.5 Å². The Morgan fingerprint density at radius 2 is 1.76 bits per heavy atom. The van der Waals surface area contributed by atoms with Gasteiger partial charge in [0.1, 0.15) is 4.90 Å². The molecule has 2 N–H and O–H groups in total. The zero-order valence-electron chi connectivity index (χ0n) is 11.2. The molecule has 0 saturated heterocycles. The number of benzene rings is 2. The smallest absolute Gasteiger partial charge is 0.242 e. The Hall–Kier alpha value is -1.99. The number of anilines is 1. The van der Waals surface area contributed by atoms with Crippen LogP contribution in [0.1, 0.15) is 5.56 Å². The summed E-state index contributed by atoms with van der Waals surface area (Å²) in [5.74, 6) is -1.88. The second kappa shape index (κ2) is 6.19. The van der Waals surface area contributed by atoms with Crippen molar-refractivity contribution in [2.75, 3.05) is 12.4 Å². The van der Waals surface area contributed by atoms with E-state index in [1.165, 1.54) is 25.2 Å². The van der Waals surface area contributed by atoms with Crippen LogP contribution in [0.15, 0.2) is 47.4 Å². The van der Waals surface area contributed by atoms with Crippen LogP contribution in [-0.2, 0) is 16.6 Å². The molecule has 4 nitrogen and oxygen atoms in total. The summed E-state index contributed by atoms with van der Waals surface area (Å²) in [6, 6.07) is 10.1. The molecule has 0 aliphatic heterocycles. The number of hydrogen-bond acceptors (Lipinski definition) is 3. The molecule has 0 heterocycles. The third-order valence-electron chi connectivity index (χ3n) is 2.95. The van der Waals surface area contributed by atoms with Crippen LogP contribution in [0.2, 0.25) is 0 Å². The van der Waals surface area contributed by atoms with E-state index in [9.17, 15) is 17.2 Å². The number of halogens is 2. The molecule has 0 radical (unpaired) electrons. The number of hydrogen-bond donors (Lipinski definition) is 2. The minimum atomic E-state index is -3.63. The lowest BCUT2D eigenvalue weighted by Gasteiger charge is -2.12. The van der Waals surface area contributed by atoms with E-state index < -0.39 is 21.7 Å². The van der Waals surface area contributed by atoms with E-state index in [2.05, 4.69) is 10.0 Å². The zero-order chi connectivity index (χ0) is 15.5. The Labute approximate surface area is 121 Å². The van der Waals surface area contributed by atoms with Gasteiger partial charge in [0.05, 0.1) is 5.69 Å². The highest BCUT2D eigenvalue weighted by molar-refractivity contribution is 7.89. The predicted molar refractivity (Wildman–Crippen MR) is 76.4 cm³/mol.